The second-order valence-corrected chi connectivity index (χ2v) is 10.5. The molecule has 0 heterocycles. The second kappa shape index (κ2) is 9.02. The first kappa shape index (κ1) is 25.9. The van der Waals surface area contributed by atoms with Gasteiger partial charge in [-0.1, -0.05) is 18.2 Å². The summed E-state index contributed by atoms with van der Waals surface area (Å²) in [5, 5.41) is 22.1. The van der Waals surface area contributed by atoms with Gasteiger partial charge in [0.2, 0.25) is 5.91 Å². The summed E-state index contributed by atoms with van der Waals surface area (Å²) < 4.78 is 0. The number of phenols is 1. The molecule has 0 bridgehead atoms. The average Bonchev–Trinajstić information content (AvgIpc) is 2.77. The highest BCUT2D eigenvalue weighted by Gasteiger charge is 2.69. The molecule has 36 heavy (non-hydrogen) atoms. The third-order valence-electron chi connectivity index (χ3n) is 7.75. The van der Waals surface area contributed by atoms with E-state index in [9.17, 15) is 34.2 Å². The number of aromatic hydroxyl groups is 1. The number of nitrogens with zero attached hydrogens (tertiary/aromatic N) is 2. The quantitative estimate of drug-likeness (QED) is 0.454. The molecule has 2 saturated carbocycles. The molecule has 1 aromatic carbocycles. The summed E-state index contributed by atoms with van der Waals surface area (Å²) in [6.07, 6.45) is 4.03. The molecule has 1 amide bonds. The summed E-state index contributed by atoms with van der Waals surface area (Å²) in [6.45, 7) is 0.652. The number of primary amides is 1. The lowest BCUT2D eigenvalue weighted by Crippen LogP contribution is -2.74. The van der Waals surface area contributed by atoms with E-state index in [-0.39, 0.29) is 24.2 Å². The van der Waals surface area contributed by atoms with Crippen LogP contribution in [0, 0.1) is 23.7 Å². The summed E-state index contributed by atoms with van der Waals surface area (Å²) in [4.78, 5) is 69.2. The van der Waals surface area contributed by atoms with Crippen molar-refractivity contribution in [1.82, 2.24) is 9.80 Å². The number of nitrogens with two attached hydrogens (primary N) is 1. The highest BCUT2D eigenvalue weighted by molar-refractivity contribution is 6.32. The van der Waals surface area contributed by atoms with Crippen molar-refractivity contribution < 1.29 is 34.2 Å². The predicted molar refractivity (Wildman–Crippen MR) is 129 cm³/mol. The molecule has 0 aromatic heterocycles. The Morgan fingerprint density at radius 1 is 1.14 bits per heavy atom. The lowest BCUT2D eigenvalue weighted by atomic mass is 9.52. The molecule has 0 spiro atoms. The molecular formula is C26H31N3O7. The molecule has 0 aliphatic heterocycles. The lowest BCUT2D eigenvalue weighted by molar-refractivity contribution is -0.181. The van der Waals surface area contributed by atoms with Crippen LogP contribution in [-0.2, 0) is 25.6 Å². The van der Waals surface area contributed by atoms with Crippen molar-refractivity contribution >= 4 is 35.1 Å². The summed E-state index contributed by atoms with van der Waals surface area (Å²) in [7, 11) is 6.94. The Morgan fingerprint density at radius 3 is 2.39 bits per heavy atom. The number of carbonyl (C=O) groups excluding carboxylic acids is 5. The third-order valence-corrected chi connectivity index (χ3v) is 7.75. The Hall–Kier alpha value is -3.21. The van der Waals surface area contributed by atoms with E-state index in [0.29, 0.717) is 12.1 Å². The highest BCUT2D eigenvalue weighted by Crippen LogP contribution is 2.51. The van der Waals surface area contributed by atoms with Gasteiger partial charge in [0.15, 0.2) is 34.7 Å². The summed E-state index contributed by atoms with van der Waals surface area (Å²) in [5.74, 6) is -10.4. The molecule has 3 aliphatic rings. The molecule has 0 saturated heterocycles. The van der Waals surface area contributed by atoms with E-state index in [1.807, 2.05) is 31.1 Å². The normalized spacial score (nSPS) is 32.1. The van der Waals surface area contributed by atoms with Crippen molar-refractivity contribution in [3.8, 4) is 5.75 Å². The molecule has 3 aliphatic carbocycles. The van der Waals surface area contributed by atoms with Gasteiger partial charge in [-0.3, -0.25) is 28.9 Å². The van der Waals surface area contributed by atoms with E-state index in [2.05, 4.69) is 0 Å². The Balaban J connectivity index is 1.83. The fourth-order valence-corrected chi connectivity index (χ4v) is 6.18. The van der Waals surface area contributed by atoms with Gasteiger partial charge in [-0.15, -0.1) is 0 Å². The first-order valence-electron chi connectivity index (χ1n) is 11.8. The standard InChI is InChI=1S/C26H31N3O7/c1-28(2)9-5-6-12-7-8-16(30)18-14(12)10-13-11-15-20(29(3)4)22(32)19(25(27)35)24(34)26(15,36)23(33)17(13)21(18)31/h5-8,13,15,17,19-20,30,36H,9-11H2,1-4H3,(H2,27,35)/b6-5-/t13-,15-,17?,19?,20-,26-/m0/s1. The average molecular weight is 498 g/mol. The number of Topliss-reactive ketones (excluding diaryl/α,β-unsaturated/α-hetero) is 4. The molecular weight excluding hydrogens is 466 g/mol. The minimum atomic E-state index is -2.71. The summed E-state index contributed by atoms with van der Waals surface area (Å²) in [6, 6.07) is 1.96. The zero-order chi connectivity index (χ0) is 26.7. The topological polar surface area (TPSA) is 158 Å². The Morgan fingerprint density at radius 2 is 1.81 bits per heavy atom. The number of benzene rings is 1. The first-order valence-corrected chi connectivity index (χ1v) is 11.8. The van der Waals surface area contributed by atoms with E-state index in [0.717, 1.165) is 5.56 Å². The minimum absolute atomic E-state index is 0.00593. The van der Waals surface area contributed by atoms with Crippen molar-refractivity contribution in [3.63, 3.8) is 0 Å². The molecule has 192 valence electrons. The number of hydrogen-bond donors (Lipinski definition) is 3. The van der Waals surface area contributed by atoms with Gasteiger partial charge in [-0.25, -0.2) is 0 Å². The van der Waals surface area contributed by atoms with Crippen LogP contribution in [0.1, 0.15) is 27.9 Å². The predicted octanol–water partition coefficient (Wildman–Crippen LogP) is -0.558. The van der Waals surface area contributed by atoms with Gasteiger partial charge in [0, 0.05) is 12.5 Å². The molecule has 1 aromatic rings. The zero-order valence-electron chi connectivity index (χ0n) is 20.7. The van der Waals surface area contributed by atoms with Crippen LogP contribution in [0.5, 0.6) is 5.75 Å². The fourth-order valence-electron chi connectivity index (χ4n) is 6.18. The largest absolute Gasteiger partial charge is 0.507 e. The van der Waals surface area contributed by atoms with Crippen LogP contribution in [0.3, 0.4) is 0 Å². The second-order valence-electron chi connectivity index (χ2n) is 10.5. The molecule has 4 N–H and O–H groups in total. The molecule has 4 rings (SSSR count). The first-order chi connectivity index (χ1) is 16.8. The summed E-state index contributed by atoms with van der Waals surface area (Å²) in [5.41, 5.74) is 3.91. The fraction of sp³-hybridized carbons (Fsp3) is 0.500. The highest BCUT2D eigenvalue weighted by atomic mass is 16.3. The number of likely N-dealkylation sites (N-methyl/N-ethyl adjacent to an activating group) is 2. The number of amides is 1. The van der Waals surface area contributed by atoms with Gasteiger partial charge in [0.1, 0.15) is 5.75 Å². The van der Waals surface area contributed by atoms with Crippen LogP contribution < -0.4 is 5.73 Å². The maximum Gasteiger partial charge on any atom is 0.235 e. The monoisotopic (exact) mass is 497 g/mol. The minimum Gasteiger partial charge on any atom is -0.507 e. The summed E-state index contributed by atoms with van der Waals surface area (Å²) >= 11 is 0. The van der Waals surface area contributed by atoms with Gasteiger partial charge in [-0.05, 0) is 64.1 Å². The Kier molecular flexibility index (Phi) is 6.48. The van der Waals surface area contributed by atoms with Crippen LogP contribution in [0.15, 0.2) is 18.2 Å². The Labute approximate surface area is 208 Å². The van der Waals surface area contributed by atoms with Crippen LogP contribution in [0.25, 0.3) is 6.08 Å². The van der Waals surface area contributed by atoms with Gasteiger partial charge in [0.25, 0.3) is 0 Å². The number of rotatable bonds is 5. The van der Waals surface area contributed by atoms with Crippen LogP contribution in [-0.4, -0.2) is 95.4 Å². The number of phenolic OH excluding ortho intramolecular Hbond substituents is 1. The van der Waals surface area contributed by atoms with Crippen molar-refractivity contribution in [2.75, 3.05) is 34.7 Å². The van der Waals surface area contributed by atoms with Crippen molar-refractivity contribution in [1.29, 1.82) is 0 Å². The van der Waals surface area contributed by atoms with E-state index in [1.54, 1.807) is 20.2 Å². The smallest absolute Gasteiger partial charge is 0.235 e. The van der Waals surface area contributed by atoms with Gasteiger partial charge in [-0.2, -0.15) is 0 Å². The van der Waals surface area contributed by atoms with E-state index >= 15 is 0 Å². The van der Waals surface area contributed by atoms with Gasteiger partial charge >= 0.3 is 0 Å². The van der Waals surface area contributed by atoms with E-state index < -0.39 is 64.4 Å². The number of ketones is 4. The van der Waals surface area contributed by atoms with Gasteiger partial charge in [0.05, 0.1) is 17.5 Å². The molecule has 0 radical (unpaired) electrons. The van der Waals surface area contributed by atoms with Crippen molar-refractivity contribution in [2.24, 2.45) is 29.4 Å². The zero-order valence-corrected chi connectivity index (χ0v) is 20.7. The van der Waals surface area contributed by atoms with Crippen LogP contribution in [0.4, 0.5) is 0 Å². The molecule has 6 atom stereocenters. The number of aliphatic hydroxyl groups is 1. The van der Waals surface area contributed by atoms with Crippen LogP contribution in [0.2, 0.25) is 0 Å². The Bertz CT molecular complexity index is 1200. The van der Waals surface area contributed by atoms with E-state index in [4.69, 9.17) is 5.73 Å². The van der Waals surface area contributed by atoms with Gasteiger partial charge < -0.3 is 20.8 Å². The van der Waals surface area contributed by atoms with Crippen LogP contribution >= 0.6 is 0 Å². The van der Waals surface area contributed by atoms with E-state index in [1.165, 1.54) is 11.0 Å². The molecule has 10 nitrogen and oxygen atoms in total. The van der Waals surface area contributed by atoms with Crippen molar-refractivity contribution in [3.05, 3.63) is 34.9 Å². The SMILES string of the molecule is CN(C)C/C=C\c1ccc(O)c2c1C[C@H]1C[C@H]3[C@H](N(C)C)C(=O)C(C(N)=O)C(=O)[C@@]3(O)C(=O)C1C2=O. The third kappa shape index (κ3) is 3.71. The number of carbonyl (C=O) groups is 5. The number of hydrogen-bond acceptors (Lipinski definition) is 9. The number of fused-ring (bicyclic) bond motifs is 3. The maximum atomic E-state index is 13.8. The molecule has 2 fully saturated rings. The van der Waals surface area contributed by atoms with Crippen molar-refractivity contribution in [2.45, 2.75) is 24.5 Å². The molecule has 10 heteroatoms. The lowest BCUT2D eigenvalue weighted by Gasteiger charge is -2.52. The molecule has 2 unspecified atom stereocenters. The maximum absolute atomic E-state index is 13.8.